The summed E-state index contributed by atoms with van der Waals surface area (Å²) in [4.78, 5) is 43.6. The number of carbonyl (C=O) groups excluding carboxylic acids is 3. The largest absolute Gasteiger partial charge is 0.433 e. The molecule has 2 N–H and O–H groups in total. The average Bonchev–Trinajstić information content (AvgIpc) is 3.51. The molecule has 2 unspecified atom stereocenters. The number of fused-ring (bicyclic) bond motifs is 5. The summed E-state index contributed by atoms with van der Waals surface area (Å²) in [6.07, 6.45) is 12.7. The molecule has 3 saturated carbocycles. The van der Waals surface area contributed by atoms with Gasteiger partial charge in [0.15, 0.2) is 5.78 Å². The summed E-state index contributed by atoms with van der Waals surface area (Å²) in [6, 6.07) is 0.0929. The Hall–Kier alpha value is -2.22. The number of rotatable bonds is 6. The molecule has 2 amide bonds. The first kappa shape index (κ1) is 28.3. The molecule has 4 aliphatic carbocycles. The van der Waals surface area contributed by atoms with Crippen LogP contribution in [-0.4, -0.2) is 61.1 Å². The van der Waals surface area contributed by atoms with Gasteiger partial charge in [-0.1, -0.05) is 24.6 Å². The molecule has 0 aromatic rings. The van der Waals surface area contributed by atoms with Crippen LogP contribution in [-0.2, 0) is 14.4 Å². The predicted octanol–water partition coefficient (Wildman–Crippen LogP) is 4.84. The summed E-state index contributed by atoms with van der Waals surface area (Å²) in [5.41, 5.74) is 2.73. The minimum Gasteiger partial charge on any atom is -0.347 e. The molecule has 1 heterocycles. The van der Waals surface area contributed by atoms with Crippen molar-refractivity contribution >= 4 is 23.5 Å². The maximum atomic E-state index is 12.4. The lowest BCUT2D eigenvalue weighted by molar-refractivity contribution is -0.130. The van der Waals surface area contributed by atoms with Crippen molar-refractivity contribution < 1.29 is 19.2 Å². The van der Waals surface area contributed by atoms with E-state index in [1.54, 1.807) is 19.0 Å². The molecule has 0 bridgehead atoms. The highest BCUT2D eigenvalue weighted by Crippen LogP contribution is 2.66. The Morgan fingerprint density at radius 2 is 1.87 bits per heavy atom. The molecule has 0 aromatic carbocycles. The smallest absolute Gasteiger partial charge is 0.347 e. The summed E-state index contributed by atoms with van der Waals surface area (Å²) in [5, 5.41) is 10.5. The van der Waals surface area contributed by atoms with E-state index < -0.39 is 6.09 Å². The first-order valence-corrected chi connectivity index (χ1v) is 15.2. The van der Waals surface area contributed by atoms with Gasteiger partial charge in [0.1, 0.15) is 0 Å². The van der Waals surface area contributed by atoms with Crippen LogP contribution in [0.3, 0.4) is 0 Å². The minimum absolute atomic E-state index is 0.107. The first-order chi connectivity index (χ1) is 18.5. The van der Waals surface area contributed by atoms with E-state index in [1.807, 2.05) is 13.0 Å². The van der Waals surface area contributed by atoms with Gasteiger partial charge in [-0.05, 0) is 106 Å². The van der Waals surface area contributed by atoms with E-state index in [0.717, 1.165) is 44.2 Å². The zero-order valence-electron chi connectivity index (χ0n) is 24.6. The second-order valence-electron chi connectivity index (χ2n) is 13.7. The quantitative estimate of drug-likeness (QED) is 0.285. The molecule has 216 valence electrons. The van der Waals surface area contributed by atoms with E-state index in [4.69, 9.17) is 4.84 Å². The Kier molecular flexibility index (Phi) is 7.97. The number of likely N-dealkylation sites (N-methyl/N-ethyl adjacent to an activating group) is 1. The predicted molar refractivity (Wildman–Crippen MR) is 151 cm³/mol. The van der Waals surface area contributed by atoms with Crippen LogP contribution in [0.15, 0.2) is 16.8 Å². The van der Waals surface area contributed by atoms with Crippen LogP contribution in [0.5, 0.6) is 0 Å². The lowest BCUT2D eigenvalue weighted by Crippen LogP contribution is -2.51. The van der Waals surface area contributed by atoms with Crippen LogP contribution in [0.4, 0.5) is 4.79 Å². The highest BCUT2D eigenvalue weighted by molar-refractivity contribution is 5.91. The van der Waals surface area contributed by atoms with Gasteiger partial charge < -0.3 is 15.5 Å². The number of carbonyl (C=O) groups is 3. The van der Waals surface area contributed by atoms with Crippen molar-refractivity contribution in [1.29, 1.82) is 0 Å². The summed E-state index contributed by atoms with van der Waals surface area (Å²) < 4.78 is 0. The van der Waals surface area contributed by atoms with Crippen molar-refractivity contribution in [3.63, 3.8) is 0 Å². The van der Waals surface area contributed by atoms with Crippen molar-refractivity contribution in [3.8, 4) is 0 Å². The molecule has 1 aliphatic heterocycles. The number of allylic oxidation sites excluding steroid dienone is 1. The molecular weight excluding hydrogens is 492 g/mol. The van der Waals surface area contributed by atoms with Gasteiger partial charge in [-0.2, -0.15) is 0 Å². The molecule has 4 fully saturated rings. The Bertz CT molecular complexity index is 1050. The van der Waals surface area contributed by atoms with Gasteiger partial charge in [-0.3, -0.25) is 14.4 Å². The van der Waals surface area contributed by atoms with Gasteiger partial charge in [0, 0.05) is 39.0 Å². The molecular formula is C31H48N4O4. The summed E-state index contributed by atoms with van der Waals surface area (Å²) in [7, 11) is 3.55. The number of hydrogen-bond donors (Lipinski definition) is 2. The molecule has 0 spiro atoms. The molecule has 5 rings (SSSR count). The van der Waals surface area contributed by atoms with Gasteiger partial charge >= 0.3 is 6.09 Å². The Morgan fingerprint density at radius 3 is 2.64 bits per heavy atom. The monoisotopic (exact) mass is 540 g/mol. The van der Waals surface area contributed by atoms with Crippen molar-refractivity contribution in [3.05, 3.63) is 11.6 Å². The Balaban J connectivity index is 1.12. The SMILES string of the molecule is C/C(=N\OC(=O)NCCC1CCC(C(=O)N(C)C)N1)[C@H]1CC[C@H]2[C@@H]3CCC4=CC(=O)CC[C@]4(C)[C@H]3CC[C@]12C. The molecule has 1 saturated heterocycles. The molecule has 0 radical (unpaired) electrons. The molecule has 5 aliphatic rings. The van der Waals surface area contributed by atoms with E-state index in [0.29, 0.717) is 42.4 Å². The van der Waals surface area contributed by atoms with Crippen LogP contribution >= 0.6 is 0 Å². The van der Waals surface area contributed by atoms with Crippen molar-refractivity contribution in [2.45, 2.75) is 103 Å². The molecule has 8 nitrogen and oxygen atoms in total. The third-order valence-electron chi connectivity index (χ3n) is 11.5. The summed E-state index contributed by atoms with van der Waals surface area (Å²) in [5.74, 6) is 2.81. The summed E-state index contributed by atoms with van der Waals surface area (Å²) >= 11 is 0. The third-order valence-corrected chi connectivity index (χ3v) is 11.5. The topological polar surface area (TPSA) is 100 Å². The van der Waals surface area contributed by atoms with Crippen LogP contribution in [0.2, 0.25) is 0 Å². The first-order valence-electron chi connectivity index (χ1n) is 15.2. The van der Waals surface area contributed by atoms with E-state index in [2.05, 4.69) is 29.6 Å². The molecule has 39 heavy (non-hydrogen) atoms. The van der Waals surface area contributed by atoms with Gasteiger partial charge in [0.05, 0.1) is 11.8 Å². The maximum Gasteiger partial charge on any atom is 0.433 e. The van der Waals surface area contributed by atoms with Crippen molar-refractivity contribution in [2.24, 2.45) is 39.7 Å². The van der Waals surface area contributed by atoms with Gasteiger partial charge in [0.2, 0.25) is 5.91 Å². The number of oxime groups is 1. The lowest BCUT2D eigenvalue weighted by atomic mass is 9.46. The number of nitrogens with one attached hydrogen (secondary N) is 2. The number of amides is 2. The fraction of sp³-hybridized carbons (Fsp3) is 0.806. The minimum atomic E-state index is -0.511. The van der Waals surface area contributed by atoms with Crippen LogP contribution < -0.4 is 10.6 Å². The Labute approximate surface area is 233 Å². The van der Waals surface area contributed by atoms with E-state index in [-0.39, 0.29) is 28.8 Å². The fourth-order valence-corrected chi connectivity index (χ4v) is 9.36. The molecule has 8 heteroatoms. The van der Waals surface area contributed by atoms with Gasteiger partial charge in [0.25, 0.3) is 0 Å². The van der Waals surface area contributed by atoms with E-state index >= 15 is 0 Å². The second-order valence-corrected chi connectivity index (χ2v) is 13.7. The number of ketones is 1. The average molecular weight is 541 g/mol. The lowest BCUT2D eigenvalue weighted by Gasteiger charge is -2.58. The number of nitrogens with zero attached hydrogens (tertiary/aromatic N) is 2. The van der Waals surface area contributed by atoms with Crippen molar-refractivity contribution in [1.82, 2.24) is 15.5 Å². The standard InChI is InChI=1S/C31H48N4O4/c1-19(34-39-29(38)32-17-14-21-7-11-27(33-21)28(37)35(4)5)24-9-10-25-23-8-6-20-18-22(36)12-15-30(20,2)26(23)13-16-31(24,25)3/h18,21,23-27,33H,6-17H2,1-5H3,(H,32,38)/b34-19+/t21?,23-,24+,25-,26-,27?,30-,31+/m0/s1. The highest BCUT2D eigenvalue weighted by Gasteiger charge is 2.59. The van der Waals surface area contributed by atoms with Gasteiger partial charge in [-0.25, -0.2) is 4.79 Å². The second kappa shape index (κ2) is 11.0. The maximum absolute atomic E-state index is 12.4. The molecule has 0 aromatic heterocycles. The van der Waals surface area contributed by atoms with Crippen LogP contribution in [0.25, 0.3) is 0 Å². The zero-order valence-corrected chi connectivity index (χ0v) is 24.6. The normalized spacial score (nSPS) is 39.8. The van der Waals surface area contributed by atoms with E-state index in [9.17, 15) is 14.4 Å². The third kappa shape index (κ3) is 5.30. The summed E-state index contributed by atoms with van der Waals surface area (Å²) in [6.45, 7) is 7.39. The fourth-order valence-electron chi connectivity index (χ4n) is 9.36. The van der Waals surface area contributed by atoms with Crippen LogP contribution in [0.1, 0.15) is 91.4 Å². The number of hydrogen-bond acceptors (Lipinski definition) is 6. The van der Waals surface area contributed by atoms with E-state index in [1.165, 1.54) is 31.3 Å². The zero-order chi connectivity index (χ0) is 27.9. The highest BCUT2D eigenvalue weighted by atomic mass is 16.7. The van der Waals surface area contributed by atoms with Gasteiger partial charge in [-0.15, -0.1) is 0 Å². The van der Waals surface area contributed by atoms with Crippen molar-refractivity contribution in [2.75, 3.05) is 20.6 Å². The van der Waals surface area contributed by atoms with Crippen LogP contribution in [0, 0.1) is 34.5 Å². The Morgan fingerprint density at radius 1 is 1.08 bits per heavy atom. The molecule has 8 atom stereocenters.